The molecule has 4 nitrogen and oxygen atoms in total. The van der Waals surface area contributed by atoms with Gasteiger partial charge in [0, 0.05) is 16.8 Å². The number of aromatic nitrogens is 3. The van der Waals surface area contributed by atoms with Crippen LogP contribution in [0.4, 0.5) is 0 Å². The predicted octanol–water partition coefficient (Wildman–Crippen LogP) is 3.65. The molecule has 116 valence electrons. The average Bonchev–Trinajstić information content (AvgIpc) is 3.39. The zero-order valence-electron chi connectivity index (χ0n) is 12.2. The molecule has 3 fully saturated rings. The van der Waals surface area contributed by atoms with Gasteiger partial charge in [-0.15, -0.1) is 21.5 Å². The van der Waals surface area contributed by atoms with Gasteiger partial charge in [0.15, 0.2) is 0 Å². The third-order valence-electron chi connectivity index (χ3n) is 5.22. The van der Waals surface area contributed by atoms with Crippen molar-refractivity contribution in [1.82, 2.24) is 14.8 Å². The largest absolute Gasteiger partial charge is 0.393 e. The van der Waals surface area contributed by atoms with Crippen molar-refractivity contribution >= 4 is 22.9 Å². The predicted molar refractivity (Wildman–Crippen MR) is 85.6 cm³/mol. The average molecular weight is 336 g/mol. The van der Waals surface area contributed by atoms with Crippen molar-refractivity contribution in [3.05, 3.63) is 33.0 Å². The minimum Gasteiger partial charge on any atom is -0.393 e. The number of hydrogen-bond acceptors (Lipinski definition) is 4. The summed E-state index contributed by atoms with van der Waals surface area (Å²) in [6, 6.07) is 4.63. The van der Waals surface area contributed by atoms with Gasteiger partial charge in [0.05, 0.1) is 15.9 Å². The minimum absolute atomic E-state index is 0.181. The summed E-state index contributed by atoms with van der Waals surface area (Å²) in [7, 11) is 0. The third-order valence-corrected chi connectivity index (χ3v) is 6.65. The maximum Gasteiger partial charge on any atom is 0.145 e. The molecule has 1 N–H and O–H groups in total. The Morgan fingerprint density at radius 2 is 1.95 bits per heavy atom. The SMILES string of the molecule is O[C@H]1C[C@](c2ccc(Cl)s2)(c2nnc(C3CC3)n2C2CC2)C1. The zero-order valence-corrected chi connectivity index (χ0v) is 13.8. The number of thiophene rings is 1. The molecule has 0 amide bonds. The first-order chi connectivity index (χ1) is 10.7. The van der Waals surface area contributed by atoms with Gasteiger partial charge < -0.3 is 9.67 Å². The Morgan fingerprint density at radius 3 is 2.50 bits per heavy atom. The molecule has 22 heavy (non-hydrogen) atoms. The van der Waals surface area contributed by atoms with Gasteiger partial charge in [-0.05, 0) is 50.7 Å². The molecular formula is C16H18ClN3OS. The van der Waals surface area contributed by atoms with Crippen LogP contribution < -0.4 is 0 Å². The fourth-order valence-electron chi connectivity index (χ4n) is 3.75. The Hall–Kier alpha value is -0.910. The van der Waals surface area contributed by atoms with Crippen LogP contribution in [0, 0.1) is 0 Å². The highest BCUT2D eigenvalue weighted by molar-refractivity contribution is 7.16. The first kappa shape index (κ1) is 13.5. The van der Waals surface area contributed by atoms with Crippen LogP contribution in [0.15, 0.2) is 12.1 Å². The maximum absolute atomic E-state index is 10.0. The van der Waals surface area contributed by atoms with Gasteiger partial charge in [0.25, 0.3) is 0 Å². The van der Waals surface area contributed by atoms with E-state index in [0.29, 0.717) is 12.0 Å². The zero-order chi connectivity index (χ0) is 14.9. The summed E-state index contributed by atoms with van der Waals surface area (Å²) in [6.07, 6.45) is 6.17. The van der Waals surface area contributed by atoms with Gasteiger partial charge in [0.1, 0.15) is 11.6 Å². The van der Waals surface area contributed by atoms with Gasteiger partial charge in [-0.2, -0.15) is 0 Å². The second-order valence-electron chi connectivity index (χ2n) is 7.01. The van der Waals surface area contributed by atoms with Crippen LogP contribution in [0.1, 0.15) is 67.0 Å². The topological polar surface area (TPSA) is 50.9 Å². The second kappa shape index (κ2) is 4.56. The lowest BCUT2D eigenvalue weighted by Gasteiger charge is -2.44. The van der Waals surface area contributed by atoms with Crippen LogP contribution in [0.5, 0.6) is 0 Å². The van der Waals surface area contributed by atoms with Crippen LogP contribution in [-0.2, 0) is 5.41 Å². The first-order valence-electron chi connectivity index (χ1n) is 8.06. The lowest BCUT2D eigenvalue weighted by Crippen LogP contribution is -2.47. The van der Waals surface area contributed by atoms with E-state index in [0.717, 1.165) is 23.0 Å². The van der Waals surface area contributed by atoms with Crippen molar-refractivity contribution in [3.63, 3.8) is 0 Å². The van der Waals surface area contributed by atoms with E-state index in [9.17, 15) is 5.11 Å². The number of hydrogen-bond donors (Lipinski definition) is 1. The Balaban J connectivity index is 1.64. The Morgan fingerprint density at radius 1 is 1.18 bits per heavy atom. The number of aliphatic hydroxyl groups is 1. The molecular weight excluding hydrogens is 318 g/mol. The second-order valence-corrected chi connectivity index (χ2v) is 8.72. The molecule has 0 aliphatic heterocycles. The van der Waals surface area contributed by atoms with Crippen LogP contribution in [-0.4, -0.2) is 26.0 Å². The number of nitrogens with zero attached hydrogens (tertiary/aromatic N) is 3. The summed E-state index contributed by atoms with van der Waals surface area (Å²) >= 11 is 7.78. The monoisotopic (exact) mass is 335 g/mol. The third kappa shape index (κ3) is 1.92. The van der Waals surface area contributed by atoms with Crippen molar-refractivity contribution in [2.24, 2.45) is 0 Å². The first-order valence-corrected chi connectivity index (χ1v) is 9.26. The molecule has 0 unspecified atom stereocenters. The van der Waals surface area contributed by atoms with Crippen LogP contribution in [0.2, 0.25) is 4.34 Å². The van der Waals surface area contributed by atoms with Crippen LogP contribution >= 0.6 is 22.9 Å². The molecule has 3 saturated carbocycles. The van der Waals surface area contributed by atoms with E-state index in [4.69, 9.17) is 11.6 Å². The Labute approximate surface area is 138 Å². The Bertz CT molecular complexity index is 726. The highest BCUT2D eigenvalue weighted by atomic mass is 35.5. The minimum atomic E-state index is -0.241. The molecule has 0 saturated heterocycles. The molecule has 2 aromatic heterocycles. The standard InChI is InChI=1S/C16H18ClN3OS/c17-13-6-5-12(22-13)16(7-11(21)8-16)15-19-18-14(9-1-2-9)20(15)10-3-4-10/h5-6,9-11,21H,1-4,7-8H2/t11-,16-. The van der Waals surface area contributed by atoms with E-state index in [-0.39, 0.29) is 11.5 Å². The molecule has 0 spiro atoms. The maximum atomic E-state index is 10.0. The van der Waals surface area contributed by atoms with E-state index in [1.165, 1.54) is 36.4 Å². The quantitative estimate of drug-likeness (QED) is 0.928. The molecule has 0 bridgehead atoms. The smallest absolute Gasteiger partial charge is 0.145 e. The summed E-state index contributed by atoms with van der Waals surface area (Å²) in [5, 5.41) is 19.2. The number of rotatable bonds is 4. The van der Waals surface area contributed by atoms with Gasteiger partial charge in [-0.3, -0.25) is 0 Å². The summed E-state index contributed by atoms with van der Waals surface area (Å²) < 4.78 is 3.22. The molecule has 3 aliphatic carbocycles. The molecule has 3 aliphatic rings. The van der Waals surface area contributed by atoms with Crippen molar-refractivity contribution < 1.29 is 5.11 Å². The molecule has 2 aromatic rings. The highest BCUT2D eigenvalue weighted by Crippen LogP contribution is 2.54. The fraction of sp³-hybridized carbons (Fsp3) is 0.625. The van der Waals surface area contributed by atoms with Crippen LogP contribution in [0.3, 0.4) is 0 Å². The fourth-order valence-corrected chi connectivity index (χ4v) is 5.00. The van der Waals surface area contributed by atoms with Gasteiger partial charge in [-0.25, -0.2) is 0 Å². The summed E-state index contributed by atoms with van der Waals surface area (Å²) in [5.41, 5.74) is -0.181. The van der Waals surface area contributed by atoms with E-state index in [1.807, 2.05) is 6.07 Å². The normalized spacial score (nSPS) is 31.3. The lowest BCUT2D eigenvalue weighted by molar-refractivity contribution is 0.0334. The van der Waals surface area contributed by atoms with E-state index in [2.05, 4.69) is 20.8 Å². The summed E-state index contributed by atoms with van der Waals surface area (Å²) in [6.45, 7) is 0. The van der Waals surface area contributed by atoms with Gasteiger partial charge >= 0.3 is 0 Å². The highest BCUT2D eigenvalue weighted by Gasteiger charge is 2.52. The number of aliphatic hydroxyl groups excluding tert-OH is 1. The van der Waals surface area contributed by atoms with Crippen molar-refractivity contribution in [1.29, 1.82) is 0 Å². The molecule has 0 radical (unpaired) electrons. The van der Waals surface area contributed by atoms with Gasteiger partial charge in [0.2, 0.25) is 0 Å². The van der Waals surface area contributed by atoms with Crippen molar-refractivity contribution in [2.45, 2.75) is 62.0 Å². The molecule has 6 heteroatoms. The van der Waals surface area contributed by atoms with Crippen molar-refractivity contribution in [2.75, 3.05) is 0 Å². The summed E-state index contributed by atoms with van der Waals surface area (Å²) in [5.74, 6) is 2.86. The van der Waals surface area contributed by atoms with Crippen molar-refractivity contribution in [3.8, 4) is 0 Å². The van der Waals surface area contributed by atoms with E-state index < -0.39 is 0 Å². The number of halogens is 1. The van der Waals surface area contributed by atoms with E-state index in [1.54, 1.807) is 11.3 Å². The molecule has 0 aromatic carbocycles. The molecule has 0 atom stereocenters. The molecule has 5 rings (SSSR count). The summed E-state index contributed by atoms with van der Waals surface area (Å²) in [4.78, 5) is 1.22. The molecule has 2 heterocycles. The van der Waals surface area contributed by atoms with Crippen LogP contribution in [0.25, 0.3) is 0 Å². The lowest BCUT2D eigenvalue weighted by atomic mass is 9.65. The Kier molecular flexibility index (Phi) is 2.80. The van der Waals surface area contributed by atoms with E-state index >= 15 is 0 Å². The van der Waals surface area contributed by atoms with Gasteiger partial charge in [-0.1, -0.05) is 11.6 Å².